The monoisotopic (exact) mass is 474 g/mol. The van der Waals surface area contributed by atoms with Gasteiger partial charge < -0.3 is 10.1 Å². The number of amides is 3. The number of hydrogen-bond acceptors (Lipinski definition) is 6. The van der Waals surface area contributed by atoms with Crippen LogP contribution in [0.25, 0.3) is 5.52 Å². The number of aryl methyl sites for hydroxylation is 1. The summed E-state index contributed by atoms with van der Waals surface area (Å²) in [6, 6.07) is 10.9. The van der Waals surface area contributed by atoms with Crippen LogP contribution >= 0.6 is 0 Å². The Morgan fingerprint density at radius 1 is 1.17 bits per heavy atom. The summed E-state index contributed by atoms with van der Waals surface area (Å²) in [6.07, 6.45) is 5.16. The number of imide groups is 1. The fourth-order valence-corrected chi connectivity index (χ4v) is 5.62. The van der Waals surface area contributed by atoms with Crippen molar-refractivity contribution < 1.29 is 14.3 Å². The maximum atomic E-state index is 13.5. The first-order valence-electron chi connectivity index (χ1n) is 12.2. The number of nitrogens with zero attached hydrogens (tertiary/aromatic N) is 5. The van der Waals surface area contributed by atoms with Crippen molar-refractivity contribution in [2.75, 3.05) is 31.6 Å². The Balaban J connectivity index is 1.26. The van der Waals surface area contributed by atoms with Gasteiger partial charge in [-0.25, -0.2) is 9.31 Å². The van der Waals surface area contributed by atoms with Crippen LogP contribution in [0, 0.1) is 6.92 Å². The lowest BCUT2D eigenvalue weighted by atomic mass is 10.1. The first-order valence-corrected chi connectivity index (χ1v) is 12.2. The number of anilines is 1. The number of rotatable bonds is 6. The lowest BCUT2D eigenvalue weighted by molar-refractivity contribution is -0.129. The summed E-state index contributed by atoms with van der Waals surface area (Å²) in [5, 5.41) is 8.03. The van der Waals surface area contributed by atoms with Gasteiger partial charge in [-0.05, 0) is 42.7 Å². The van der Waals surface area contributed by atoms with Crippen molar-refractivity contribution in [1.82, 2.24) is 24.7 Å². The molecule has 182 valence electrons. The Morgan fingerprint density at radius 3 is 2.83 bits per heavy atom. The number of piperazine rings is 1. The van der Waals surface area contributed by atoms with E-state index in [-0.39, 0.29) is 24.9 Å². The molecule has 0 radical (unpaired) electrons. The van der Waals surface area contributed by atoms with Crippen LogP contribution in [0.4, 0.5) is 10.5 Å². The van der Waals surface area contributed by atoms with Crippen LogP contribution in [0.2, 0.25) is 0 Å². The Kier molecular flexibility index (Phi) is 5.46. The Morgan fingerprint density at radius 2 is 2.06 bits per heavy atom. The molecule has 6 rings (SSSR count). The van der Waals surface area contributed by atoms with Crippen LogP contribution in [0.5, 0.6) is 5.75 Å². The number of likely N-dealkylation sites (tertiary alicyclic amines) is 1. The van der Waals surface area contributed by atoms with Gasteiger partial charge in [-0.2, -0.15) is 5.10 Å². The smallest absolute Gasteiger partial charge is 0.331 e. The molecule has 35 heavy (non-hydrogen) atoms. The molecule has 2 atom stereocenters. The highest BCUT2D eigenvalue weighted by molar-refractivity contribution is 6.07. The minimum atomic E-state index is -0.327. The highest BCUT2D eigenvalue weighted by atomic mass is 16.5. The zero-order chi connectivity index (χ0) is 24.1. The molecule has 2 aromatic heterocycles. The number of carbonyl (C=O) groups is 2. The van der Waals surface area contributed by atoms with Gasteiger partial charge in [0, 0.05) is 56.4 Å². The minimum Gasteiger partial charge on any atom is -0.496 e. The normalized spacial score (nSPS) is 22.6. The second kappa shape index (κ2) is 8.66. The van der Waals surface area contributed by atoms with E-state index < -0.39 is 0 Å². The van der Waals surface area contributed by atoms with E-state index >= 15 is 0 Å². The van der Waals surface area contributed by atoms with Crippen LogP contribution < -0.4 is 15.0 Å². The van der Waals surface area contributed by atoms with Crippen molar-refractivity contribution in [3.05, 3.63) is 59.4 Å². The van der Waals surface area contributed by atoms with E-state index in [1.165, 1.54) is 16.9 Å². The van der Waals surface area contributed by atoms with Crippen LogP contribution in [0.3, 0.4) is 0 Å². The predicted octanol–water partition coefficient (Wildman–Crippen LogP) is 2.56. The summed E-state index contributed by atoms with van der Waals surface area (Å²) in [4.78, 5) is 31.8. The van der Waals surface area contributed by atoms with E-state index in [4.69, 9.17) is 4.74 Å². The first kappa shape index (κ1) is 22.1. The molecule has 0 saturated carbocycles. The van der Waals surface area contributed by atoms with Gasteiger partial charge in [0.2, 0.25) is 5.91 Å². The Bertz CT molecular complexity index is 1300. The van der Waals surface area contributed by atoms with Crippen molar-refractivity contribution in [2.45, 2.75) is 44.9 Å². The third-order valence-electron chi connectivity index (χ3n) is 7.50. The van der Waals surface area contributed by atoms with E-state index in [0.29, 0.717) is 24.4 Å². The second-order valence-electron chi connectivity index (χ2n) is 9.80. The molecule has 3 saturated heterocycles. The van der Waals surface area contributed by atoms with E-state index in [1.807, 2.05) is 31.3 Å². The number of benzene rings is 1. The number of ether oxygens (including phenoxy) is 1. The first-order chi connectivity index (χ1) is 17.0. The summed E-state index contributed by atoms with van der Waals surface area (Å²) in [5.41, 5.74) is 4.67. The van der Waals surface area contributed by atoms with Crippen molar-refractivity contribution >= 4 is 23.1 Å². The molecule has 2 bridgehead atoms. The lowest BCUT2D eigenvalue weighted by Crippen LogP contribution is -2.52. The van der Waals surface area contributed by atoms with Gasteiger partial charge in [-0.15, -0.1) is 0 Å². The molecule has 0 unspecified atom stereocenters. The van der Waals surface area contributed by atoms with E-state index in [0.717, 1.165) is 42.0 Å². The number of methoxy groups -OCH3 is 1. The summed E-state index contributed by atoms with van der Waals surface area (Å²) >= 11 is 0. The molecule has 0 aliphatic carbocycles. The van der Waals surface area contributed by atoms with Crippen LogP contribution in [0.1, 0.15) is 29.5 Å². The molecule has 3 amide bonds. The highest BCUT2D eigenvalue weighted by Gasteiger charge is 2.37. The number of carbonyl (C=O) groups excluding carboxylic acids is 2. The lowest BCUT2D eigenvalue weighted by Gasteiger charge is -2.34. The number of urea groups is 1. The summed E-state index contributed by atoms with van der Waals surface area (Å²) < 4.78 is 7.30. The molecule has 9 heteroatoms. The molecule has 3 fully saturated rings. The van der Waals surface area contributed by atoms with Crippen LogP contribution in [-0.2, 0) is 17.9 Å². The van der Waals surface area contributed by atoms with Gasteiger partial charge in [0.05, 0.1) is 31.1 Å². The standard InChI is InChI=1S/C26H30N6O3/c1-17-3-4-19(24(9-17)35-2)15-31-25(33)6-7-30(26(31)34)23-13-28-32-8-5-18(10-22(23)32)14-29-16-20-11-21(29)12-27-20/h3-5,8-10,13,20-21,27H,6-7,11-12,14-16H2,1-2H3/t20-,21-/m0/s1. The van der Waals surface area contributed by atoms with Crippen molar-refractivity contribution in [2.24, 2.45) is 0 Å². The van der Waals surface area contributed by atoms with E-state index in [1.54, 1.807) is 22.7 Å². The molecule has 3 aromatic rings. The molecular weight excluding hydrogens is 444 g/mol. The maximum Gasteiger partial charge on any atom is 0.331 e. The highest BCUT2D eigenvalue weighted by Crippen LogP contribution is 2.30. The number of fused-ring (bicyclic) bond motifs is 3. The van der Waals surface area contributed by atoms with E-state index in [9.17, 15) is 9.59 Å². The van der Waals surface area contributed by atoms with Gasteiger partial charge in [-0.3, -0.25) is 19.5 Å². The average Bonchev–Trinajstić information content (AvgIpc) is 3.58. The molecular formula is C26H30N6O3. The Labute approximate surface area is 204 Å². The summed E-state index contributed by atoms with van der Waals surface area (Å²) in [6.45, 7) is 5.51. The molecule has 9 nitrogen and oxygen atoms in total. The van der Waals surface area contributed by atoms with Gasteiger partial charge >= 0.3 is 6.03 Å². The largest absolute Gasteiger partial charge is 0.496 e. The van der Waals surface area contributed by atoms with Crippen molar-refractivity contribution in [1.29, 1.82) is 0 Å². The maximum absolute atomic E-state index is 13.5. The van der Waals surface area contributed by atoms with Gasteiger partial charge in [0.1, 0.15) is 5.75 Å². The molecule has 0 spiro atoms. The topological polar surface area (TPSA) is 82.4 Å². The molecule has 5 heterocycles. The summed E-state index contributed by atoms with van der Waals surface area (Å²) in [7, 11) is 1.60. The van der Waals surface area contributed by atoms with Gasteiger partial charge in [0.15, 0.2) is 0 Å². The average molecular weight is 475 g/mol. The third-order valence-corrected chi connectivity index (χ3v) is 7.50. The Hall–Kier alpha value is -3.43. The third kappa shape index (κ3) is 3.94. The quantitative estimate of drug-likeness (QED) is 0.591. The van der Waals surface area contributed by atoms with E-state index in [2.05, 4.69) is 27.4 Å². The van der Waals surface area contributed by atoms with Crippen molar-refractivity contribution in [3.63, 3.8) is 0 Å². The number of nitrogens with one attached hydrogen (secondary N) is 1. The number of aromatic nitrogens is 2. The SMILES string of the molecule is COc1cc(C)ccc1CN1C(=O)CCN(c2cnn3ccc(CN4C[C@@H]5C[C@H]4CN5)cc23)C1=O. The predicted molar refractivity (Wildman–Crippen MR) is 131 cm³/mol. The van der Waals surface area contributed by atoms with Crippen molar-refractivity contribution in [3.8, 4) is 5.75 Å². The molecule has 3 aliphatic heterocycles. The van der Waals surface area contributed by atoms with Gasteiger partial charge in [0.25, 0.3) is 0 Å². The molecule has 1 aromatic carbocycles. The van der Waals surface area contributed by atoms with Gasteiger partial charge in [-0.1, -0.05) is 12.1 Å². The second-order valence-corrected chi connectivity index (χ2v) is 9.80. The van der Waals surface area contributed by atoms with Crippen LogP contribution in [0.15, 0.2) is 42.7 Å². The van der Waals surface area contributed by atoms with Crippen LogP contribution in [-0.4, -0.2) is 70.2 Å². The minimum absolute atomic E-state index is 0.174. The molecule has 3 aliphatic rings. The zero-order valence-electron chi connectivity index (χ0n) is 20.1. The fourth-order valence-electron chi connectivity index (χ4n) is 5.62. The zero-order valence-corrected chi connectivity index (χ0v) is 20.1. The molecule has 1 N–H and O–H groups in total. The summed E-state index contributed by atoms with van der Waals surface area (Å²) in [5.74, 6) is 0.498. The number of pyridine rings is 1. The number of hydrogen-bond donors (Lipinski definition) is 1. The fraction of sp³-hybridized carbons (Fsp3) is 0.423.